The van der Waals surface area contributed by atoms with E-state index in [1.54, 1.807) is 6.92 Å². The van der Waals surface area contributed by atoms with E-state index >= 15 is 0 Å². The maximum Gasteiger partial charge on any atom is 0.137 e. The van der Waals surface area contributed by atoms with Gasteiger partial charge in [-0.25, -0.2) is 0 Å². The van der Waals surface area contributed by atoms with Gasteiger partial charge < -0.3 is 10.2 Å². The standard InChI is InChI=1S/C11H13ClO2/c1-6-5-8(11(14)3-4-11)7(2)10(13)9(6)12/h5,13-14H,3-4H2,1-2H3. The van der Waals surface area contributed by atoms with Gasteiger partial charge in [0.2, 0.25) is 0 Å². The quantitative estimate of drug-likeness (QED) is 0.752. The Bertz CT molecular complexity index is 395. The Morgan fingerprint density at radius 3 is 2.43 bits per heavy atom. The number of halogens is 1. The summed E-state index contributed by atoms with van der Waals surface area (Å²) in [5.41, 5.74) is 1.61. The molecule has 0 atom stereocenters. The van der Waals surface area contributed by atoms with Crippen LogP contribution in [0.15, 0.2) is 6.07 Å². The van der Waals surface area contributed by atoms with Crippen molar-refractivity contribution in [2.24, 2.45) is 0 Å². The van der Waals surface area contributed by atoms with Crippen LogP contribution in [0.3, 0.4) is 0 Å². The molecule has 2 N–H and O–H groups in total. The summed E-state index contributed by atoms with van der Waals surface area (Å²) in [4.78, 5) is 0. The SMILES string of the molecule is Cc1cc(C2(O)CC2)c(C)c(O)c1Cl. The summed E-state index contributed by atoms with van der Waals surface area (Å²) in [5.74, 6) is 0.0991. The largest absolute Gasteiger partial charge is 0.506 e. The predicted molar refractivity (Wildman–Crippen MR) is 55.7 cm³/mol. The first kappa shape index (κ1) is 9.81. The number of aliphatic hydroxyl groups is 1. The van der Waals surface area contributed by atoms with Crippen LogP contribution in [0.1, 0.15) is 29.5 Å². The number of rotatable bonds is 1. The van der Waals surface area contributed by atoms with Crippen molar-refractivity contribution >= 4 is 11.6 Å². The van der Waals surface area contributed by atoms with Crippen molar-refractivity contribution < 1.29 is 10.2 Å². The zero-order valence-electron chi connectivity index (χ0n) is 8.26. The van der Waals surface area contributed by atoms with Crippen LogP contribution in [-0.4, -0.2) is 10.2 Å². The van der Waals surface area contributed by atoms with E-state index in [1.165, 1.54) is 0 Å². The van der Waals surface area contributed by atoms with E-state index < -0.39 is 5.60 Å². The minimum absolute atomic E-state index is 0.0991. The van der Waals surface area contributed by atoms with Crippen molar-refractivity contribution in [3.63, 3.8) is 0 Å². The maximum atomic E-state index is 9.97. The highest BCUT2D eigenvalue weighted by atomic mass is 35.5. The summed E-state index contributed by atoms with van der Waals surface area (Å²) in [6, 6.07) is 1.87. The lowest BCUT2D eigenvalue weighted by atomic mass is 9.98. The molecule has 0 saturated heterocycles. The van der Waals surface area contributed by atoms with Gasteiger partial charge in [0.15, 0.2) is 0 Å². The zero-order chi connectivity index (χ0) is 10.5. The monoisotopic (exact) mass is 212 g/mol. The fourth-order valence-corrected chi connectivity index (χ4v) is 1.93. The minimum Gasteiger partial charge on any atom is -0.506 e. The van der Waals surface area contributed by atoms with E-state index in [0.717, 1.165) is 24.0 Å². The zero-order valence-corrected chi connectivity index (χ0v) is 9.02. The molecule has 1 aromatic carbocycles. The van der Waals surface area contributed by atoms with E-state index in [-0.39, 0.29) is 5.75 Å². The molecule has 0 amide bonds. The fraction of sp³-hybridized carbons (Fsp3) is 0.455. The van der Waals surface area contributed by atoms with E-state index in [9.17, 15) is 10.2 Å². The number of phenols is 1. The summed E-state index contributed by atoms with van der Waals surface area (Å²) < 4.78 is 0. The highest BCUT2D eigenvalue weighted by Crippen LogP contribution is 2.49. The highest BCUT2D eigenvalue weighted by molar-refractivity contribution is 6.32. The van der Waals surface area contributed by atoms with Crippen molar-refractivity contribution in [2.45, 2.75) is 32.3 Å². The first-order valence-corrected chi connectivity index (χ1v) is 5.05. The van der Waals surface area contributed by atoms with Crippen LogP contribution in [0.25, 0.3) is 0 Å². The Labute approximate surface area is 88.1 Å². The van der Waals surface area contributed by atoms with E-state index in [1.807, 2.05) is 13.0 Å². The normalized spacial score (nSPS) is 18.3. The summed E-state index contributed by atoms with van der Waals surface area (Å²) in [7, 11) is 0. The molecule has 0 aromatic heterocycles. The third-order valence-corrected chi connectivity index (χ3v) is 3.38. The van der Waals surface area contributed by atoms with Crippen LogP contribution in [0.2, 0.25) is 5.02 Å². The Morgan fingerprint density at radius 1 is 1.36 bits per heavy atom. The van der Waals surface area contributed by atoms with Gasteiger partial charge in [-0.05, 0) is 43.4 Å². The maximum absolute atomic E-state index is 9.97. The molecular formula is C11H13ClO2. The Balaban J connectivity index is 2.62. The molecule has 2 rings (SSSR count). The smallest absolute Gasteiger partial charge is 0.137 e. The third-order valence-electron chi connectivity index (χ3n) is 2.90. The van der Waals surface area contributed by atoms with Gasteiger partial charge in [0.25, 0.3) is 0 Å². The molecule has 0 bridgehead atoms. The van der Waals surface area contributed by atoms with Crippen LogP contribution in [0.5, 0.6) is 5.75 Å². The lowest BCUT2D eigenvalue weighted by Crippen LogP contribution is -2.07. The second kappa shape index (κ2) is 2.88. The predicted octanol–water partition coefficient (Wildman–Crippen LogP) is 2.64. The number of hydrogen-bond acceptors (Lipinski definition) is 2. The summed E-state index contributed by atoms with van der Waals surface area (Å²) >= 11 is 5.89. The topological polar surface area (TPSA) is 40.5 Å². The average molecular weight is 213 g/mol. The molecule has 76 valence electrons. The summed E-state index contributed by atoms with van der Waals surface area (Å²) in [5, 5.41) is 20.1. The fourth-order valence-electron chi connectivity index (χ4n) is 1.74. The molecule has 1 aliphatic rings. The molecule has 1 aromatic rings. The van der Waals surface area contributed by atoms with Crippen molar-refractivity contribution in [1.29, 1.82) is 0 Å². The summed E-state index contributed by atoms with van der Waals surface area (Å²) in [6.07, 6.45) is 1.54. The number of aryl methyl sites for hydroxylation is 1. The van der Waals surface area contributed by atoms with Gasteiger partial charge in [-0.1, -0.05) is 17.7 Å². The average Bonchev–Trinajstić information content (AvgIpc) is 2.87. The van der Waals surface area contributed by atoms with Gasteiger partial charge >= 0.3 is 0 Å². The lowest BCUT2D eigenvalue weighted by molar-refractivity contribution is 0.150. The number of phenolic OH excluding ortho intramolecular Hbond substituents is 1. The molecular weight excluding hydrogens is 200 g/mol. The molecule has 0 spiro atoms. The molecule has 0 unspecified atom stereocenters. The molecule has 14 heavy (non-hydrogen) atoms. The Morgan fingerprint density at radius 2 is 1.93 bits per heavy atom. The van der Waals surface area contributed by atoms with Gasteiger partial charge in [0, 0.05) is 0 Å². The molecule has 0 heterocycles. The molecule has 1 saturated carbocycles. The lowest BCUT2D eigenvalue weighted by Gasteiger charge is -2.15. The number of aromatic hydroxyl groups is 1. The first-order chi connectivity index (χ1) is 6.46. The van der Waals surface area contributed by atoms with Crippen molar-refractivity contribution in [2.75, 3.05) is 0 Å². The van der Waals surface area contributed by atoms with Crippen LogP contribution < -0.4 is 0 Å². The Hall–Kier alpha value is -0.730. The van der Waals surface area contributed by atoms with Crippen LogP contribution in [-0.2, 0) is 5.60 Å². The minimum atomic E-state index is -0.711. The number of hydrogen-bond donors (Lipinski definition) is 2. The van der Waals surface area contributed by atoms with Gasteiger partial charge in [-0.3, -0.25) is 0 Å². The van der Waals surface area contributed by atoms with Crippen LogP contribution in [0.4, 0.5) is 0 Å². The van der Waals surface area contributed by atoms with Crippen LogP contribution >= 0.6 is 11.6 Å². The van der Waals surface area contributed by atoms with Gasteiger partial charge in [0.1, 0.15) is 5.75 Å². The van der Waals surface area contributed by atoms with Crippen molar-refractivity contribution in [3.05, 3.63) is 27.8 Å². The third kappa shape index (κ3) is 1.30. The van der Waals surface area contributed by atoms with Gasteiger partial charge in [-0.2, -0.15) is 0 Å². The first-order valence-electron chi connectivity index (χ1n) is 4.67. The molecule has 2 nitrogen and oxygen atoms in total. The molecule has 0 radical (unpaired) electrons. The second-order valence-electron chi connectivity index (χ2n) is 4.06. The van der Waals surface area contributed by atoms with E-state index in [0.29, 0.717) is 10.6 Å². The van der Waals surface area contributed by atoms with E-state index in [2.05, 4.69) is 0 Å². The number of benzene rings is 1. The molecule has 0 aliphatic heterocycles. The Kier molecular flexibility index (Phi) is 2.02. The highest BCUT2D eigenvalue weighted by Gasteiger charge is 2.43. The van der Waals surface area contributed by atoms with Gasteiger partial charge in [-0.15, -0.1) is 0 Å². The molecule has 1 aliphatic carbocycles. The van der Waals surface area contributed by atoms with Crippen molar-refractivity contribution in [1.82, 2.24) is 0 Å². The van der Waals surface area contributed by atoms with Gasteiger partial charge in [0.05, 0.1) is 10.6 Å². The van der Waals surface area contributed by atoms with E-state index in [4.69, 9.17) is 11.6 Å². The molecule has 3 heteroatoms. The second-order valence-corrected chi connectivity index (χ2v) is 4.44. The van der Waals surface area contributed by atoms with Crippen LogP contribution in [0, 0.1) is 13.8 Å². The molecule has 1 fully saturated rings. The summed E-state index contributed by atoms with van der Waals surface area (Å²) in [6.45, 7) is 3.61. The van der Waals surface area contributed by atoms with Crippen molar-refractivity contribution in [3.8, 4) is 5.75 Å².